The minimum absolute atomic E-state index is 0.0823. The van der Waals surface area contributed by atoms with Crippen molar-refractivity contribution in [1.82, 2.24) is 15.2 Å². The molecule has 2 aromatic rings. The molecule has 1 aliphatic rings. The van der Waals surface area contributed by atoms with Crippen LogP contribution in [0.25, 0.3) is 0 Å². The predicted octanol–water partition coefficient (Wildman–Crippen LogP) is 4.53. The molecule has 3 amide bonds. The summed E-state index contributed by atoms with van der Waals surface area (Å²) in [5, 5.41) is 13.5. The Morgan fingerprint density at radius 1 is 1.00 bits per heavy atom. The summed E-state index contributed by atoms with van der Waals surface area (Å²) in [4.78, 5) is 28.5. The highest BCUT2D eigenvalue weighted by Gasteiger charge is 2.39. The molecule has 1 aromatic heterocycles. The SMILES string of the molecule is O=C(Nc1cc(C(F)(F)F)cc(C(F)(F)F)c1)N[C@@H]1CN(C(=O)O)C[C@H]1c1ccc(F)cn1. The number of aromatic nitrogens is 1. The van der Waals surface area contributed by atoms with Gasteiger partial charge < -0.3 is 20.6 Å². The molecule has 1 aliphatic heterocycles. The number of likely N-dealkylation sites (tertiary alicyclic amines) is 1. The van der Waals surface area contributed by atoms with Gasteiger partial charge in [0.2, 0.25) is 0 Å². The van der Waals surface area contributed by atoms with Crippen LogP contribution in [0, 0.1) is 5.82 Å². The first-order valence-electron chi connectivity index (χ1n) is 9.20. The second-order valence-corrected chi connectivity index (χ2v) is 7.19. The number of nitrogens with zero attached hydrogens (tertiary/aromatic N) is 2. The summed E-state index contributed by atoms with van der Waals surface area (Å²) in [5.41, 5.74) is -3.75. The smallest absolute Gasteiger partial charge is 0.416 e. The van der Waals surface area contributed by atoms with Gasteiger partial charge in [-0.15, -0.1) is 0 Å². The maximum atomic E-state index is 13.2. The van der Waals surface area contributed by atoms with Crippen molar-refractivity contribution in [3.8, 4) is 0 Å². The molecule has 0 unspecified atom stereocenters. The lowest BCUT2D eigenvalue weighted by atomic mass is 9.99. The summed E-state index contributed by atoms with van der Waals surface area (Å²) in [6, 6.07) is 0.850. The Morgan fingerprint density at radius 2 is 1.61 bits per heavy atom. The third kappa shape index (κ3) is 5.81. The average Bonchev–Trinajstić information content (AvgIpc) is 3.11. The zero-order valence-electron chi connectivity index (χ0n) is 16.3. The predicted molar refractivity (Wildman–Crippen MR) is 98.9 cm³/mol. The number of carbonyl (C=O) groups excluding carboxylic acids is 1. The van der Waals surface area contributed by atoms with Crippen LogP contribution in [-0.4, -0.2) is 46.2 Å². The summed E-state index contributed by atoms with van der Waals surface area (Å²) >= 11 is 0. The molecule has 1 saturated heterocycles. The van der Waals surface area contributed by atoms with Crippen LogP contribution >= 0.6 is 0 Å². The van der Waals surface area contributed by atoms with Crippen molar-refractivity contribution in [3.05, 3.63) is 59.2 Å². The highest BCUT2D eigenvalue weighted by molar-refractivity contribution is 5.90. The quantitative estimate of drug-likeness (QED) is 0.563. The van der Waals surface area contributed by atoms with E-state index in [4.69, 9.17) is 0 Å². The Bertz CT molecular complexity index is 1010. The number of amides is 3. The van der Waals surface area contributed by atoms with Gasteiger partial charge in [0, 0.05) is 30.4 Å². The van der Waals surface area contributed by atoms with Crippen molar-refractivity contribution < 1.29 is 45.4 Å². The van der Waals surface area contributed by atoms with Crippen molar-refractivity contribution >= 4 is 17.8 Å². The van der Waals surface area contributed by atoms with Gasteiger partial charge >= 0.3 is 24.5 Å². The molecule has 3 rings (SSSR count). The van der Waals surface area contributed by atoms with Crippen LogP contribution in [0.5, 0.6) is 0 Å². The Hall–Kier alpha value is -3.58. The maximum Gasteiger partial charge on any atom is 0.416 e. The van der Waals surface area contributed by atoms with Crippen molar-refractivity contribution in [3.63, 3.8) is 0 Å². The van der Waals surface area contributed by atoms with Crippen LogP contribution in [0.3, 0.4) is 0 Å². The first-order valence-corrected chi connectivity index (χ1v) is 9.20. The normalized spacial score (nSPS) is 18.8. The largest absolute Gasteiger partial charge is 0.465 e. The summed E-state index contributed by atoms with van der Waals surface area (Å²) in [5.74, 6) is -1.39. The number of hydrogen-bond acceptors (Lipinski definition) is 3. The number of benzene rings is 1. The molecule has 7 nitrogen and oxygen atoms in total. The molecule has 0 bridgehead atoms. The first-order chi connectivity index (χ1) is 15.2. The summed E-state index contributed by atoms with van der Waals surface area (Å²) < 4.78 is 91.1. The van der Waals surface area contributed by atoms with E-state index in [0.717, 1.165) is 17.2 Å². The molecule has 3 N–H and O–H groups in total. The van der Waals surface area contributed by atoms with Crippen LogP contribution in [0.4, 0.5) is 46.0 Å². The number of hydrogen-bond donors (Lipinski definition) is 3. The summed E-state index contributed by atoms with van der Waals surface area (Å²) in [6.07, 6.45) is -10.6. The van der Waals surface area contributed by atoms with Crippen molar-refractivity contribution in [1.29, 1.82) is 0 Å². The molecule has 2 atom stereocenters. The number of alkyl halides is 6. The molecular formula is C19H15F7N4O3. The lowest BCUT2D eigenvalue weighted by molar-refractivity contribution is -0.143. The van der Waals surface area contributed by atoms with Crippen LogP contribution in [0.1, 0.15) is 22.7 Å². The molecule has 1 fully saturated rings. The standard InChI is InChI=1S/C19H15F7N4O3/c20-11-1-2-14(27-6-11)13-7-30(17(32)33)8-15(13)29-16(31)28-12-4-9(18(21,22)23)3-10(5-12)19(24,25)26/h1-6,13,15H,7-8H2,(H,32,33)(H2,28,29,31)/t13-,15+/m0/s1. The van der Waals surface area contributed by atoms with E-state index < -0.39 is 59.1 Å². The van der Waals surface area contributed by atoms with Crippen molar-refractivity contribution in [2.75, 3.05) is 18.4 Å². The Morgan fingerprint density at radius 3 is 2.09 bits per heavy atom. The van der Waals surface area contributed by atoms with Gasteiger partial charge in [0.1, 0.15) is 5.82 Å². The van der Waals surface area contributed by atoms with Gasteiger partial charge in [0.15, 0.2) is 0 Å². The summed E-state index contributed by atoms with van der Waals surface area (Å²) in [7, 11) is 0. The van der Waals surface area contributed by atoms with E-state index in [-0.39, 0.29) is 24.8 Å². The van der Waals surface area contributed by atoms with E-state index in [1.54, 1.807) is 0 Å². The van der Waals surface area contributed by atoms with Crippen molar-refractivity contribution in [2.24, 2.45) is 0 Å². The zero-order chi connectivity index (χ0) is 24.6. The lowest BCUT2D eigenvalue weighted by Crippen LogP contribution is -2.42. The highest BCUT2D eigenvalue weighted by Crippen LogP contribution is 2.37. The highest BCUT2D eigenvalue weighted by atomic mass is 19.4. The number of rotatable bonds is 3. The Kier molecular flexibility index (Phi) is 6.38. The number of urea groups is 1. The van der Waals surface area contributed by atoms with Crippen LogP contribution in [0.2, 0.25) is 0 Å². The monoisotopic (exact) mass is 480 g/mol. The number of carbonyl (C=O) groups is 2. The fourth-order valence-electron chi connectivity index (χ4n) is 3.38. The van der Waals surface area contributed by atoms with Gasteiger partial charge in [-0.25, -0.2) is 14.0 Å². The third-order valence-electron chi connectivity index (χ3n) is 4.88. The van der Waals surface area contributed by atoms with E-state index >= 15 is 0 Å². The Balaban J connectivity index is 1.82. The van der Waals surface area contributed by atoms with Gasteiger partial charge in [0.25, 0.3) is 0 Å². The minimum atomic E-state index is -5.10. The van der Waals surface area contributed by atoms with E-state index in [1.165, 1.54) is 6.07 Å². The van der Waals surface area contributed by atoms with Crippen molar-refractivity contribution in [2.45, 2.75) is 24.3 Å². The fourth-order valence-corrected chi connectivity index (χ4v) is 3.38. The van der Waals surface area contributed by atoms with Crippen LogP contribution < -0.4 is 10.6 Å². The van der Waals surface area contributed by atoms with E-state index in [1.807, 2.05) is 5.32 Å². The number of anilines is 1. The molecule has 0 aliphatic carbocycles. The van der Waals surface area contributed by atoms with E-state index in [0.29, 0.717) is 12.1 Å². The molecule has 0 spiro atoms. The minimum Gasteiger partial charge on any atom is -0.465 e. The van der Waals surface area contributed by atoms with Crippen LogP contribution in [-0.2, 0) is 12.4 Å². The topological polar surface area (TPSA) is 94.6 Å². The number of nitrogens with one attached hydrogen (secondary N) is 2. The Labute approximate surface area is 181 Å². The fraction of sp³-hybridized carbons (Fsp3) is 0.316. The average molecular weight is 480 g/mol. The second-order valence-electron chi connectivity index (χ2n) is 7.19. The third-order valence-corrected chi connectivity index (χ3v) is 4.88. The van der Waals surface area contributed by atoms with E-state index in [2.05, 4.69) is 10.3 Å². The molecule has 33 heavy (non-hydrogen) atoms. The van der Waals surface area contributed by atoms with E-state index in [9.17, 15) is 45.4 Å². The summed E-state index contributed by atoms with van der Waals surface area (Å²) in [6.45, 7) is -0.358. The first kappa shape index (κ1) is 24.1. The van der Waals surface area contributed by atoms with Gasteiger partial charge in [0.05, 0.1) is 23.4 Å². The molecule has 14 heteroatoms. The number of pyridine rings is 1. The van der Waals surface area contributed by atoms with Gasteiger partial charge in [-0.1, -0.05) is 0 Å². The zero-order valence-corrected chi connectivity index (χ0v) is 16.3. The van der Waals surface area contributed by atoms with Gasteiger partial charge in [-0.05, 0) is 30.3 Å². The molecule has 0 saturated carbocycles. The molecule has 1 aromatic carbocycles. The lowest BCUT2D eigenvalue weighted by Gasteiger charge is -2.20. The number of halogens is 7. The molecule has 2 heterocycles. The van der Waals surface area contributed by atoms with Gasteiger partial charge in [-0.3, -0.25) is 4.98 Å². The van der Waals surface area contributed by atoms with Gasteiger partial charge in [-0.2, -0.15) is 26.3 Å². The molecule has 178 valence electrons. The second kappa shape index (κ2) is 8.75. The molecular weight excluding hydrogens is 465 g/mol. The molecule has 0 radical (unpaired) electrons. The van der Waals surface area contributed by atoms with Crippen LogP contribution in [0.15, 0.2) is 36.5 Å². The maximum absolute atomic E-state index is 13.2. The number of carboxylic acid groups (broad SMARTS) is 1.